The Morgan fingerprint density at radius 1 is 1.35 bits per heavy atom. The van der Waals surface area contributed by atoms with E-state index in [1.54, 1.807) is 14.2 Å². The molecular formula is C13H20ClNO2. The predicted octanol–water partition coefficient (Wildman–Crippen LogP) is 3.09. The molecule has 0 bridgehead atoms. The Bertz CT molecular complexity index is 355. The molecule has 0 fully saturated rings. The summed E-state index contributed by atoms with van der Waals surface area (Å²) >= 11 is 0. The zero-order valence-electron chi connectivity index (χ0n) is 10.3. The monoisotopic (exact) mass is 257 g/mol. The standard InChI is InChI=1S/C13H19NO2.ClH/c1-4-5-6-12(14)11-9-10(15-2)7-8-13(11)16-3;/h4,7-9,12H,1,5-6,14H2,2-3H3;1H/t12-;/m0./s1. The lowest BCUT2D eigenvalue weighted by Gasteiger charge is -2.16. The number of hydrogen-bond acceptors (Lipinski definition) is 3. The van der Waals surface area contributed by atoms with Gasteiger partial charge in [-0.2, -0.15) is 0 Å². The van der Waals surface area contributed by atoms with Gasteiger partial charge in [0.05, 0.1) is 14.2 Å². The lowest BCUT2D eigenvalue weighted by atomic mass is 10.0. The van der Waals surface area contributed by atoms with Gasteiger partial charge in [-0.05, 0) is 31.0 Å². The molecule has 0 saturated carbocycles. The smallest absolute Gasteiger partial charge is 0.123 e. The summed E-state index contributed by atoms with van der Waals surface area (Å²) in [5.41, 5.74) is 7.07. The van der Waals surface area contributed by atoms with Gasteiger partial charge in [-0.3, -0.25) is 0 Å². The van der Waals surface area contributed by atoms with Crippen LogP contribution < -0.4 is 15.2 Å². The van der Waals surface area contributed by atoms with Crippen molar-refractivity contribution in [2.75, 3.05) is 14.2 Å². The quantitative estimate of drug-likeness (QED) is 0.797. The minimum absolute atomic E-state index is 0. The predicted molar refractivity (Wildman–Crippen MR) is 73.2 cm³/mol. The minimum Gasteiger partial charge on any atom is -0.497 e. The minimum atomic E-state index is -0.0527. The van der Waals surface area contributed by atoms with E-state index in [9.17, 15) is 0 Å². The van der Waals surface area contributed by atoms with E-state index in [0.29, 0.717) is 0 Å². The Morgan fingerprint density at radius 2 is 2.06 bits per heavy atom. The number of rotatable bonds is 6. The van der Waals surface area contributed by atoms with Crippen molar-refractivity contribution in [2.24, 2.45) is 5.73 Å². The fourth-order valence-corrected chi connectivity index (χ4v) is 1.58. The Morgan fingerprint density at radius 3 is 2.59 bits per heavy atom. The largest absolute Gasteiger partial charge is 0.497 e. The second kappa shape index (κ2) is 7.98. The van der Waals surface area contributed by atoms with Gasteiger partial charge < -0.3 is 15.2 Å². The molecule has 0 spiro atoms. The third kappa shape index (κ3) is 4.29. The van der Waals surface area contributed by atoms with Crippen LogP contribution in [0, 0.1) is 0 Å². The van der Waals surface area contributed by atoms with Crippen molar-refractivity contribution in [1.29, 1.82) is 0 Å². The molecule has 3 nitrogen and oxygen atoms in total. The van der Waals surface area contributed by atoms with Crippen molar-refractivity contribution >= 4 is 12.4 Å². The van der Waals surface area contributed by atoms with E-state index in [0.717, 1.165) is 29.9 Å². The molecule has 0 saturated heterocycles. The van der Waals surface area contributed by atoms with Gasteiger partial charge in [0.25, 0.3) is 0 Å². The van der Waals surface area contributed by atoms with Gasteiger partial charge >= 0.3 is 0 Å². The number of allylic oxidation sites excluding steroid dienone is 1. The number of halogens is 1. The highest BCUT2D eigenvalue weighted by molar-refractivity contribution is 5.85. The molecule has 1 aromatic rings. The molecule has 0 unspecified atom stereocenters. The number of hydrogen-bond donors (Lipinski definition) is 1. The van der Waals surface area contributed by atoms with Crippen LogP contribution in [-0.4, -0.2) is 14.2 Å². The SMILES string of the molecule is C=CCC[C@H](N)c1cc(OC)ccc1OC.Cl. The molecule has 2 N–H and O–H groups in total. The van der Waals surface area contributed by atoms with Crippen LogP contribution >= 0.6 is 12.4 Å². The summed E-state index contributed by atoms with van der Waals surface area (Å²) in [6.45, 7) is 3.69. The number of benzene rings is 1. The molecule has 0 aliphatic rings. The van der Waals surface area contributed by atoms with Crippen LogP contribution in [0.25, 0.3) is 0 Å². The van der Waals surface area contributed by atoms with Gasteiger partial charge in [0.2, 0.25) is 0 Å². The first-order chi connectivity index (χ1) is 7.72. The summed E-state index contributed by atoms with van der Waals surface area (Å²) in [5, 5.41) is 0. The molecule has 0 aliphatic carbocycles. The van der Waals surface area contributed by atoms with Gasteiger partial charge in [-0.25, -0.2) is 0 Å². The molecule has 4 heteroatoms. The highest BCUT2D eigenvalue weighted by atomic mass is 35.5. The summed E-state index contributed by atoms with van der Waals surface area (Å²) in [6, 6.07) is 5.61. The Balaban J connectivity index is 0.00000256. The van der Waals surface area contributed by atoms with Gasteiger partial charge in [0.1, 0.15) is 11.5 Å². The molecule has 0 aliphatic heterocycles. The lowest BCUT2D eigenvalue weighted by Crippen LogP contribution is -2.11. The van der Waals surface area contributed by atoms with E-state index in [1.807, 2.05) is 24.3 Å². The van der Waals surface area contributed by atoms with E-state index >= 15 is 0 Å². The molecule has 17 heavy (non-hydrogen) atoms. The molecule has 1 atom stereocenters. The fraction of sp³-hybridized carbons (Fsp3) is 0.385. The third-order valence-corrected chi connectivity index (χ3v) is 2.52. The van der Waals surface area contributed by atoms with Crippen LogP contribution in [0.3, 0.4) is 0 Å². The topological polar surface area (TPSA) is 44.5 Å². The zero-order valence-corrected chi connectivity index (χ0v) is 11.1. The third-order valence-electron chi connectivity index (χ3n) is 2.52. The van der Waals surface area contributed by atoms with Crippen molar-refractivity contribution in [3.8, 4) is 11.5 Å². The van der Waals surface area contributed by atoms with Crippen LogP contribution in [0.1, 0.15) is 24.4 Å². The normalized spacial score (nSPS) is 11.2. The molecular weight excluding hydrogens is 238 g/mol. The van der Waals surface area contributed by atoms with Gasteiger partial charge in [0, 0.05) is 11.6 Å². The van der Waals surface area contributed by atoms with Crippen molar-refractivity contribution in [2.45, 2.75) is 18.9 Å². The van der Waals surface area contributed by atoms with E-state index in [4.69, 9.17) is 15.2 Å². The first-order valence-electron chi connectivity index (χ1n) is 5.31. The summed E-state index contributed by atoms with van der Waals surface area (Å²) < 4.78 is 10.5. The van der Waals surface area contributed by atoms with Gasteiger partial charge in [0.15, 0.2) is 0 Å². The average Bonchev–Trinajstić information content (AvgIpc) is 2.35. The Hall–Kier alpha value is -1.19. The molecule has 96 valence electrons. The summed E-state index contributed by atoms with van der Waals surface area (Å²) in [4.78, 5) is 0. The molecule has 1 aromatic carbocycles. The van der Waals surface area contributed by atoms with E-state index in [2.05, 4.69) is 6.58 Å². The van der Waals surface area contributed by atoms with E-state index in [1.165, 1.54) is 0 Å². The zero-order chi connectivity index (χ0) is 12.0. The van der Waals surface area contributed by atoms with E-state index in [-0.39, 0.29) is 18.4 Å². The second-order valence-corrected chi connectivity index (χ2v) is 3.58. The van der Waals surface area contributed by atoms with Crippen LogP contribution in [-0.2, 0) is 0 Å². The number of ether oxygens (including phenoxy) is 2. The first-order valence-corrected chi connectivity index (χ1v) is 5.31. The maximum absolute atomic E-state index is 6.10. The molecule has 0 amide bonds. The average molecular weight is 258 g/mol. The Labute approximate surface area is 109 Å². The summed E-state index contributed by atoms with van der Waals surface area (Å²) in [6.07, 6.45) is 3.61. The summed E-state index contributed by atoms with van der Waals surface area (Å²) in [5.74, 6) is 1.60. The second-order valence-electron chi connectivity index (χ2n) is 3.58. The maximum atomic E-state index is 6.10. The van der Waals surface area contributed by atoms with Crippen LogP contribution in [0.4, 0.5) is 0 Å². The molecule has 0 aromatic heterocycles. The van der Waals surface area contributed by atoms with Gasteiger partial charge in [-0.1, -0.05) is 6.08 Å². The van der Waals surface area contributed by atoms with Crippen LogP contribution in [0.15, 0.2) is 30.9 Å². The highest BCUT2D eigenvalue weighted by Gasteiger charge is 2.12. The van der Waals surface area contributed by atoms with Crippen molar-refractivity contribution < 1.29 is 9.47 Å². The van der Waals surface area contributed by atoms with E-state index < -0.39 is 0 Å². The van der Waals surface area contributed by atoms with Crippen molar-refractivity contribution in [3.05, 3.63) is 36.4 Å². The fourth-order valence-electron chi connectivity index (χ4n) is 1.58. The Kier molecular flexibility index (Phi) is 7.42. The highest BCUT2D eigenvalue weighted by Crippen LogP contribution is 2.30. The van der Waals surface area contributed by atoms with Crippen LogP contribution in [0.2, 0.25) is 0 Å². The van der Waals surface area contributed by atoms with Crippen molar-refractivity contribution in [1.82, 2.24) is 0 Å². The first kappa shape index (κ1) is 15.8. The van der Waals surface area contributed by atoms with Gasteiger partial charge in [-0.15, -0.1) is 19.0 Å². The summed E-state index contributed by atoms with van der Waals surface area (Å²) in [7, 11) is 3.28. The van der Waals surface area contributed by atoms with Crippen LogP contribution in [0.5, 0.6) is 11.5 Å². The molecule has 0 heterocycles. The molecule has 0 radical (unpaired) electrons. The number of methoxy groups -OCH3 is 2. The maximum Gasteiger partial charge on any atom is 0.123 e. The van der Waals surface area contributed by atoms with Crippen molar-refractivity contribution in [3.63, 3.8) is 0 Å². The lowest BCUT2D eigenvalue weighted by molar-refractivity contribution is 0.394. The number of nitrogens with two attached hydrogens (primary N) is 1. The molecule has 1 rings (SSSR count).